The van der Waals surface area contributed by atoms with Gasteiger partial charge in [0, 0.05) is 9.26 Å². The van der Waals surface area contributed by atoms with E-state index in [1.807, 2.05) is 56.3 Å². The second-order valence-corrected chi connectivity index (χ2v) is 10.9. The highest BCUT2D eigenvalue weighted by Crippen LogP contribution is 2.34. The molecular weight excluding hydrogens is 611 g/mol. The molecule has 1 aliphatic heterocycles. The first-order chi connectivity index (χ1) is 17.2. The predicted molar refractivity (Wildman–Crippen MR) is 152 cm³/mol. The second kappa shape index (κ2) is 11.5. The lowest BCUT2D eigenvalue weighted by Crippen LogP contribution is -2.27. The zero-order valence-electron chi connectivity index (χ0n) is 19.5. The highest BCUT2D eigenvalue weighted by Gasteiger charge is 2.35. The average molecular weight is 633 g/mol. The number of imide groups is 1. The van der Waals surface area contributed by atoms with Crippen LogP contribution in [0.1, 0.15) is 22.3 Å². The molecular formula is C27H22ClIN2O4S. The number of nitrogens with one attached hydrogen (secondary N) is 1. The second-order valence-electron chi connectivity index (χ2n) is 8.24. The molecule has 0 bridgehead atoms. The summed E-state index contributed by atoms with van der Waals surface area (Å²) in [7, 11) is 0. The van der Waals surface area contributed by atoms with E-state index < -0.39 is 0 Å². The molecule has 0 radical (unpaired) electrons. The number of ether oxygens (including phenoxy) is 1. The van der Waals surface area contributed by atoms with Crippen LogP contribution < -0.4 is 10.1 Å². The third-order valence-electron chi connectivity index (χ3n) is 5.41. The van der Waals surface area contributed by atoms with Crippen molar-refractivity contribution in [2.75, 3.05) is 11.9 Å². The van der Waals surface area contributed by atoms with Gasteiger partial charge in [0.1, 0.15) is 5.75 Å². The number of hydrogen-bond acceptors (Lipinski definition) is 5. The molecule has 36 heavy (non-hydrogen) atoms. The van der Waals surface area contributed by atoms with Crippen molar-refractivity contribution in [1.82, 2.24) is 4.90 Å². The summed E-state index contributed by atoms with van der Waals surface area (Å²) < 4.78 is 6.68. The SMILES string of the molecule is Cc1ccc(C)c(NC(=O)COc2ccc(/C=C3\SC(=O)N(Cc4ccc(I)cc4)C3=O)cc2Cl)c1. The molecule has 1 saturated heterocycles. The van der Waals surface area contributed by atoms with E-state index in [0.717, 1.165) is 37.7 Å². The molecule has 0 aromatic heterocycles. The first-order valence-corrected chi connectivity index (χ1v) is 13.3. The summed E-state index contributed by atoms with van der Waals surface area (Å²) in [5, 5.41) is 2.82. The molecule has 1 aliphatic rings. The van der Waals surface area contributed by atoms with Gasteiger partial charge >= 0.3 is 0 Å². The van der Waals surface area contributed by atoms with Crippen molar-refractivity contribution >= 4 is 74.8 Å². The van der Waals surface area contributed by atoms with Gasteiger partial charge < -0.3 is 10.1 Å². The van der Waals surface area contributed by atoms with Crippen molar-refractivity contribution in [2.24, 2.45) is 0 Å². The first kappa shape index (κ1) is 26.2. The molecule has 3 amide bonds. The minimum atomic E-state index is -0.344. The Kier molecular flexibility index (Phi) is 8.38. The van der Waals surface area contributed by atoms with Crippen molar-refractivity contribution in [1.29, 1.82) is 0 Å². The Morgan fingerprint density at radius 2 is 1.83 bits per heavy atom. The summed E-state index contributed by atoms with van der Waals surface area (Å²) in [4.78, 5) is 39.2. The van der Waals surface area contributed by atoms with Gasteiger partial charge in [-0.3, -0.25) is 19.3 Å². The summed E-state index contributed by atoms with van der Waals surface area (Å²) >= 11 is 9.46. The number of carbonyl (C=O) groups excluding carboxylic acids is 3. The van der Waals surface area contributed by atoms with Gasteiger partial charge in [0.2, 0.25) is 0 Å². The minimum absolute atomic E-state index is 0.204. The summed E-state index contributed by atoms with van der Waals surface area (Å²) in [6.07, 6.45) is 1.63. The maximum atomic E-state index is 12.8. The Labute approximate surface area is 232 Å². The normalized spacial score (nSPS) is 14.4. The molecule has 6 nitrogen and oxygen atoms in total. The zero-order valence-corrected chi connectivity index (χ0v) is 23.2. The van der Waals surface area contributed by atoms with Crippen LogP contribution in [0.4, 0.5) is 10.5 Å². The van der Waals surface area contributed by atoms with Gasteiger partial charge in [-0.2, -0.15) is 0 Å². The van der Waals surface area contributed by atoms with Gasteiger partial charge in [-0.1, -0.05) is 41.9 Å². The van der Waals surface area contributed by atoms with Crippen LogP contribution in [0.15, 0.2) is 65.6 Å². The van der Waals surface area contributed by atoms with Crippen LogP contribution >= 0.6 is 46.0 Å². The quantitative estimate of drug-likeness (QED) is 0.229. The van der Waals surface area contributed by atoms with Gasteiger partial charge in [-0.25, -0.2) is 0 Å². The molecule has 1 heterocycles. The van der Waals surface area contributed by atoms with E-state index >= 15 is 0 Å². The number of anilines is 1. The molecule has 3 aromatic rings. The third-order valence-corrected chi connectivity index (χ3v) is 7.33. The average Bonchev–Trinajstić information content (AvgIpc) is 3.09. The van der Waals surface area contributed by atoms with Crippen molar-refractivity contribution < 1.29 is 19.1 Å². The van der Waals surface area contributed by atoms with Crippen LogP contribution in [0.3, 0.4) is 0 Å². The molecule has 184 valence electrons. The van der Waals surface area contributed by atoms with E-state index in [1.54, 1.807) is 24.3 Å². The Hall–Kier alpha value is -2.82. The van der Waals surface area contributed by atoms with Crippen LogP contribution in [0, 0.1) is 17.4 Å². The molecule has 0 saturated carbocycles. The summed E-state index contributed by atoms with van der Waals surface area (Å²) in [6, 6.07) is 18.5. The molecule has 3 aromatic carbocycles. The standard InChI is InChI=1S/C27H22ClIN2O4S/c1-16-3-4-17(2)22(11-16)30-25(32)15-35-23-10-7-19(12-21(23)28)13-24-26(33)31(27(34)36-24)14-18-5-8-20(29)9-6-18/h3-13H,14-15H2,1-2H3,(H,30,32)/b24-13-. The maximum absolute atomic E-state index is 12.8. The van der Waals surface area contributed by atoms with Crippen molar-refractivity contribution in [3.05, 3.63) is 96.4 Å². The van der Waals surface area contributed by atoms with E-state index in [-0.39, 0.29) is 30.2 Å². The highest BCUT2D eigenvalue weighted by atomic mass is 127. The highest BCUT2D eigenvalue weighted by molar-refractivity contribution is 14.1. The van der Waals surface area contributed by atoms with E-state index in [4.69, 9.17) is 16.3 Å². The largest absolute Gasteiger partial charge is 0.482 e. The number of amides is 3. The lowest BCUT2D eigenvalue weighted by atomic mass is 10.1. The van der Waals surface area contributed by atoms with E-state index in [1.165, 1.54) is 4.90 Å². The molecule has 9 heteroatoms. The fraction of sp³-hybridized carbons (Fsp3) is 0.148. The van der Waals surface area contributed by atoms with Crippen molar-refractivity contribution in [3.8, 4) is 5.75 Å². The third kappa shape index (κ3) is 6.48. The van der Waals surface area contributed by atoms with Gasteiger partial charge in [0.05, 0.1) is 16.5 Å². The minimum Gasteiger partial charge on any atom is -0.482 e. The van der Waals surface area contributed by atoms with Gasteiger partial charge in [0.15, 0.2) is 6.61 Å². The Balaban J connectivity index is 1.38. The number of benzene rings is 3. The monoisotopic (exact) mass is 632 g/mol. The number of thioether (sulfide) groups is 1. The number of rotatable bonds is 7. The van der Waals surface area contributed by atoms with Gasteiger partial charge in [-0.05, 0) is 107 Å². The van der Waals surface area contributed by atoms with E-state index in [9.17, 15) is 14.4 Å². The van der Waals surface area contributed by atoms with Crippen LogP contribution in [0.2, 0.25) is 5.02 Å². The molecule has 0 aliphatic carbocycles. The van der Waals surface area contributed by atoms with Crippen molar-refractivity contribution in [2.45, 2.75) is 20.4 Å². The lowest BCUT2D eigenvalue weighted by molar-refractivity contribution is -0.123. The zero-order chi connectivity index (χ0) is 25.8. The molecule has 4 rings (SSSR count). The maximum Gasteiger partial charge on any atom is 0.293 e. The number of hydrogen-bond donors (Lipinski definition) is 1. The Bertz CT molecular complexity index is 1370. The van der Waals surface area contributed by atoms with Gasteiger partial charge in [-0.15, -0.1) is 0 Å². The predicted octanol–water partition coefficient (Wildman–Crippen LogP) is 6.82. The summed E-state index contributed by atoms with van der Waals surface area (Å²) in [6.45, 7) is 3.89. The molecule has 1 fully saturated rings. The van der Waals surface area contributed by atoms with Crippen LogP contribution in [0.5, 0.6) is 5.75 Å². The summed E-state index contributed by atoms with van der Waals surface area (Å²) in [5.74, 6) is -0.300. The van der Waals surface area contributed by atoms with E-state index in [0.29, 0.717) is 21.2 Å². The molecule has 1 N–H and O–H groups in total. The fourth-order valence-electron chi connectivity index (χ4n) is 3.48. The summed E-state index contributed by atoms with van der Waals surface area (Å²) in [5.41, 5.74) is 4.26. The van der Waals surface area contributed by atoms with Crippen molar-refractivity contribution in [3.63, 3.8) is 0 Å². The van der Waals surface area contributed by atoms with Crippen LogP contribution in [-0.4, -0.2) is 28.6 Å². The van der Waals surface area contributed by atoms with Gasteiger partial charge in [0.25, 0.3) is 17.1 Å². The Morgan fingerprint density at radius 3 is 2.56 bits per heavy atom. The molecule has 0 unspecified atom stereocenters. The number of aryl methyl sites for hydroxylation is 2. The van der Waals surface area contributed by atoms with Crippen LogP contribution in [0.25, 0.3) is 6.08 Å². The fourth-order valence-corrected chi connectivity index (χ4v) is 4.93. The first-order valence-electron chi connectivity index (χ1n) is 11.0. The lowest BCUT2D eigenvalue weighted by Gasteiger charge is -2.12. The molecule has 0 atom stereocenters. The Morgan fingerprint density at radius 1 is 1.08 bits per heavy atom. The number of nitrogens with zero attached hydrogens (tertiary/aromatic N) is 1. The number of halogens is 2. The smallest absolute Gasteiger partial charge is 0.293 e. The van der Waals surface area contributed by atoms with E-state index in [2.05, 4.69) is 27.9 Å². The number of carbonyl (C=O) groups is 3. The van der Waals surface area contributed by atoms with Crippen LogP contribution in [-0.2, 0) is 16.1 Å². The molecule has 0 spiro atoms. The topological polar surface area (TPSA) is 75.7 Å².